The third-order valence-electron chi connectivity index (χ3n) is 4.56. The monoisotopic (exact) mass is 430 g/mol. The number of benzene rings is 2. The van der Waals surface area contributed by atoms with E-state index in [0.717, 1.165) is 12.1 Å². The molecule has 2 aromatic carbocycles. The molecule has 0 saturated carbocycles. The molecule has 2 heterocycles. The third kappa shape index (κ3) is 3.99. The Bertz CT molecular complexity index is 1170. The van der Waals surface area contributed by atoms with Gasteiger partial charge in [0.05, 0.1) is 16.3 Å². The fraction of sp³-hybridized carbons (Fsp3) is 0.150. The van der Waals surface area contributed by atoms with E-state index in [-0.39, 0.29) is 29.2 Å². The van der Waals surface area contributed by atoms with Crippen molar-refractivity contribution in [3.05, 3.63) is 71.8 Å². The molecule has 30 heavy (non-hydrogen) atoms. The highest BCUT2D eigenvalue weighted by atomic mass is 32.2. The highest BCUT2D eigenvalue weighted by molar-refractivity contribution is 7.91. The van der Waals surface area contributed by atoms with Gasteiger partial charge in [0.1, 0.15) is 17.3 Å². The van der Waals surface area contributed by atoms with Crippen LogP contribution in [0.4, 0.5) is 8.78 Å². The number of fused-ring (bicyclic) bond motifs is 1. The molecule has 0 saturated heterocycles. The van der Waals surface area contributed by atoms with Gasteiger partial charge in [0.25, 0.3) is 5.91 Å². The molecule has 1 amide bonds. The van der Waals surface area contributed by atoms with Crippen molar-refractivity contribution in [2.24, 2.45) is 10.1 Å². The number of halogens is 2. The zero-order chi connectivity index (χ0) is 21.3. The van der Waals surface area contributed by atoms with Crippen molar-refractivity contribution in [3.63, 3.8) is 0 Å². The van der Waals surface area contributed by atoms with Crippen molar-refractivity contribution in [1.82, 2.24) is 10.3 Å². The third-order valence-corrected chi connectivity index (χ3v) is 6.31. The summed E-state index contributed by atoms with van der Waals surface area (Å²) < 4.78 is 51.9. The molecular weight excluding hydrogens is 414 g/mol. The Balaban J connectivity index is 1.43. The molecule has 1 unspecified atom stereocenters. The summed E-state index contributed by atoms with van der Waals surface area (Å²) in [5.74, 6) is -2.32. The Hall–Kier alpha value is -3.40. The van der Waals surface area contributed by atoms with Gasteiger partial charge in [0.2, 0.25) is 9.84 Å². The van der Waals surface area contributed by atoms with E-state index in [4.69, 9.17) is 0 Å². The van der Waals surface area contributed by atoms with Crippen LogP contribution in [-0.2, 0) is 21.2 Å². The quantitative estimate of drug-likeness (QED) is 0.786. The highest BCUT2D eigenvalue weighted by Crippen LogP contribution is 2.23. The second kappa shape index (κ2) is 7.79. The number of hydrazone groups is 1. The van der Waals surface area contributed by atoms with Crippen LogP contribution in [0.5, 0.6) is 0 Å². The Kier molecular flexibility index (Phi) is 5.17. The molecule has 0 aromatic heterocycles. The fourth-order valence-electron chi connectivity index (χ4n) is 3.02. The molecule has 10 heteroatoms. The Morgan fingerprint density at radius 1 is 1.10 bits per heavy atom. The van der Waals surface area contributed by atoms with Gasteiger partial charge >= 0.3 is 0 Å². The number of aliphatic imine (C=N–C) groups is 1. The molecule has 0 spiro atoms. The Morgan fingerprint density at radius 2 is 1.80 bits per heavy atom. The van der Waals surface area contributed by atoms with E-state index >= 15 is 0 Å². The minimum atomic E-state index is -4.07. The maximum atomic E-state index is 13.4. The van der Waals surface area contributed by atoms with Crippen LogP contribution in [0.15, 0.2) is 74.5 Å². The normalized spacial score (nSPS) is 17.6. The van der Waals surface area contributed by atoms with E-state index in [1.807, 2.05) is 0 Å². The smallest absolute Gasteiger partial charge is 0.271 e. The first-order valence-electron chi connectivity index (χ1n) is 8.96. The summed E-state index contributed by atoms with van der Waals surface area (Å²) in [5.41, 5.74) is 0.902. The standard InChI is InChI=1S/C20H16F2N4O3S/c21-14-9-15(22)11-17(10-14)30(28,29)16-3-1-13(2-4-16)12-24-20(27)18-5-6-19-23-7-8-26(19)25-18/h1-7,9-11,19H,8,12H2,(H,24,27). The molecule has 4 rings (SSSR count). The summed E-state index contributed by atoms with van der Waals surface area (Å²) in [6.45, 7) is 0.692. The number of rotatable bonds is 5. The second-order valence-electron chi connectivity index (χ2n) is 6.65. The second-order valence-corrected chi connectivity index (χ2v) is 8.60. The lowest BCUT2D eigenvalue weighted by Crippen LogP contribution is -2.35. The molecular formula is C20H16F2N4O3S. The zero-order valence-electron chi connectivity index (χ0n) is 15.5. The average Bonchev–Trinajstić information content (AvgIpc) is 3.19. The summed E-state index contributed by atoms with van der Waals surface area (Å²) in [6.07, 6.45) is 4.95. The minimum Gasteiger partial charge on any atom is -0.347 e. The predicted molar refractivity (Wildman–Crippen MR) is 106 cm³/mol. The Morgan fingerprint density at radius 3 is 2.50 bits per heavy atom. The lowest BCUT2D eigenvalue weighted by Gasteiger charge is -2.21. The molecule has 0 fully saturated rings. The van der Waals surface area contributed by atoms with Gasteiger partial charge in [0.15, 0.2) is 6.17 Å². The first-order chi connectivity index (χ1) is 14.3. The molecule has 0 radical (unpaired) electrons. The van der Waals surface area contributed by atoms with Crippen LogP contribution in [0.3, 0.4) is 0 Å². The van der Waals surface area contributed by atoms with Gasteiger partial charge in [-0.1, -0.05) is 12.1 Å². The highest BCUT2D eigenvalue weighted by Gasteiger charge is 2.23. The largest absolute Gasteiger partial charge is 0.347 e. The van der Waals surface area contributed by atoms with Crippen molar-refractivity contribution < 1.29 is 22.0 Å². The number of sulfone groups is 1. The fourth-order valence-corrected chi connectivity index (χ4v) is 4.32. The summed E-state index contributed by atoms with van der Waals surface area (Å²) in [6, 6.07) is 7.82. The van der Waals surface area contributed by atoms with E-state index in [9.17, 15) is 22.0 Å². The summed E-state index contributed by atoms with van der Waals surface area (Å²) >= 11 is 0. The van der Waals surface area contributed by atoms with Crippen molar-refractivity contribution in [2.75, 3.05) is 6.54 Å². The topological polar surface area (TPSA) is 91.2 Å². The Labute approximate surface area is 171 Å². The summed E-state index contributed by atoms with van der Waals surface area (Å²) in [5, 5.41) is 8.64. The van der Waals surface area contributed by atoms with E-state index < -0.39 is 26.4 Å². The molecule has 0 bridgehead atoms. The molecule has 1 atom stereocenters. The van der Waals surface area contributed by atoms with Crippen molar-refractivity contribution in [3.8, 4) is 0 Å². The molecule has 154 valence electrons. The number of carbonyl (C=O) groups is 1. The number of hydrogen-bond donors (Lipinski definition) is 1. The predicted octanol–water partition coefficient (Wildman–Crippen LogP) is 2.05. The maximum absolute atomic E-state index is 13.4. The van der Waals surface area contributed by atoms with Crippen molar-refractivity contribution in [1.29, 1.82) is 0 Å². The number of nitrogens with one attached hydrogen (secondary N) is 1. The minimum absolute atomic E-state index is 0.109. The van der Waals surface area contributed by atoms with E-state index in [0.29, 0.717) is 18.2 Å². The molecule has 2 aliphatic rings. The number of hydrogen-bond acceptors (Lipinski definition) is 6. The molecule has 2 aliphatic heterocycles. The van der Waals surface area contributed by atoms with Crippen LogP contribution in [0.1, 0.15) is 5.56 Å². The van der Waals surface area contributed by atoms with E-state index in [1.165, 1.54) is 24.3 Å². The van der Waals surface area contributed by atoms with Crippen LogP contribution < -0.4 is 5.32 Å². The lowest BCUT2D eigenvalue weighted by molar-refractivity contribution is -0.115. The number of carbonyl (C=O) groups excluding carboxylic acids is 1. The van der Waals surface area contributed by atoms with Gasteiger partial charge < -0.3 is 5.32 Å². The molecule has 0 aliphatic carbocycles. The van der Waals surface area contributed by atoms with Crippen LogP contribution in [0.25, 0.3) is 0 Å². The first-order valence-corrected chi connectivity index (χ1v) is 10.4. The van der Waals surface area contributed by atoms with Crippen molar-refractivity contribution >= 4 is 27.7 Å². The average molecular weight is 430 g/mol. The van der Waals surface area contributed by atoms with Crippen LogP contribution in [0.2, 0.25) is 0 Å². The maximum Gasteiger partial charge on any atom is 0.271 e. The van der Waals surface area contributed by atoms with Crippen LogP contribution in [-0.4, -0.2) is 44.0 Å². The first kappa shape index (κ1) is 19.9. The zero-order valence-corrected chi connectivity index (χ0v) is 16.3. The van der Waals surface area contributed by atoms with E-state index in [2.05, 4.69) is 15.4 Å². The SMILES string of the molecule is O=C(NCc1ccc(S(=O)(=O)c2cc(F)cc(F)c2)cc1)C1=NN2CC=NC2C=C1. The van der Waals surface area contributed by atoms with Crippen LogP contribution in [0, 0.1) is 11.6 Å². The molecule has 7 nitrogen and oxygen atoms in total. The molecule has 1 N–H and O–H groups in total. The van der Waals surface area contributed by atoms with Gasteiger partial charge in [0, 0.05) is 18.8 Å². The summed E-state index contributed by atoms with van der Waals surface area (Å²) in [4.78, 5) is 15.9. The summed E-state index contributed by atoms with van der Waals surface area (Å²) in [7, 11) is -4.07. The van der Waals surface area contributed by atoms with Gasteiger partial charge in [-0.15, -0.1) is 0 Å². The van der Waals surface area contributed by atoms with Gasteiger partial charge in [-0.25, -0.2) is 17.2 Å². The molecule has 2 aromatic rings. The van der Waals surface area contributed by atoms with Gasteiger partial charge in [-0.3, -0.25) is 14.8 Å². The van der Waals surface area contributed by atoms with Crippen LogP contribution >= 0.6 is 0 Å². The lowest BCUT2D eigenvalue weighted by atomic mass is 10.2. The van der Waals surface area contributed by atoms with Gasteiger partial charge in [-0.2, -0.15) is 5.10 Å². The van der Waals surface area contributed by atoms with Gasteiger partial charge in [-0.05, 0) is 42.0 Å². The van der Waals surface area contributed by atoms with E-state index in [1.54, 1.807) is 23.4 Å². The van der Waals surface area contributed by atoms with Crippen molar-refractivity contribution in [2.45, 2.75) is 22.5 Å². The number of amides is 1. The number of nitrogens with zero attached hydrogens (tertiary/aromatic N) is 3.